The highest BCUT2D eigenvalue weighted by atomic mass is 35.5. The van der Waals surface area contributed by atoms with Crippen molar-refractivity contribution in [2.45, 2.75) is 26.1 Å². The summed E-state index contributed by atoms with van der Waals surface area (Å²) in [4.78, 5) is 15.8. The van der Waals surface area contributed by atoms with Gasteiger partial charge in [-0.1, -0.05) is 23.7 Å². The second-order valence-electron chi connectivity index (χ2n) is 3.79. The number of rotatable bonds is 5. The molecular formula is C12H12ClF3N2O3. The minimum atomic E-state index is -4.77. The number of carbonyl (C=O) groups is 1. The summed E-state index contributed by atoms with van der Waals surface area (Å²) >= 11 is 5.63. The van der Waals surface area contributed by atoms with Gasteiger partial charge in [0, 0.05) is 12.1 Å². The first-order chi connectivity index (χ1) is 9.80. The summed E-state index contributed by atoms with van der Waals surface area (Å²) in [6.07, 6.45) is -4.46. The maximum atomic E-state index is 12.0. The second-order valence-corrected chi connectivity index (χ2v) is 4.23. The van der Waals surface area contributed by atoms with Crippen molar-refractivity contribution in [1.82, 2.24) is 0 Å². The third-order valence-electron chi connectivity index (χ3n) is 2.02. The molecule has 0 spiro atoms. The highest BCUT2D eigenvalue weighted by Crippen LogP contribution is 2.23. The first-order valence-electron chi connectivity index (χ1n) is 5.86. The Balaban J connectivity index is 2.52. The van der Waals surface area contributed by atoms with E-state index in [0.29, 0.717) is 6.42 Å². The molecule has 1 amide bonds. The van der Waals surface area contributed by atoms with Crippen LogP contribution < -0.4 is 10.1 Å². The maximum Gasteiger partial charge on any atom is 0.573 e. The van der Waals surface area contributed by atoms with E-state index in [0.717, 1.165) is 18.6 Å². The third-order valence-corrected chi connectivity index (χ3v) is 2.28. The Bertz CT molecular complexity index is 503. The van der Waals surface area contributed by atoms with Gasteiger partial charge in [-0.2, -0.15) is 0 Å². The van der Waals surface area contributed by atoms with Gasteiger partial charge in [0.25, 0.3) is 0 Å². The van der Waals surface area contributed by atoms with Crippen LogP contribution in [0.5, 0.6) is 5.75 Å². The summed E-state index contributed by atoms with van der Waals surface area (Å²) in [5.74, 6) is -0.398. The summed E-state index contributed by atoms with van der Waals surface area (Å²) in [5, 5.41) is 5.78. The fourth-order valence-corrected chi connectivity index (χ4v) is 1.45. The van der Waals surface area contributed by atoms with E-state index in [-0.39, 0.29) is 10.9 Å². The molecule has 0 heterocycles. The van der Waals surface area contributed by atoms with Gasteiger partial charge in [-0.25, -0.2) is 4.79 Å². The first kappa shape index (κ1) is 17.1. The Hall–Kier alpha value is -1.96. The van der Waals surface area contributed by atoms with Crippen LogP contribution in [0.2, 0.25) is 0 Å². The molecule has 1 aromatic carbocycles. The zero-order valence-corrected chi connectivity index (χ0v) is 11.7. The van der Waals surface area contributed by atoms with E-state index >= 15 is 0 Å². The van der Waals surface area contributed by atoms with E-state index in [1.165, 1.54) is 12.1 Å². The van der Waals surface area contributed by atoms with Crippen LogP contribution in [-0.2, 0) is 4.84 Å². The number of ether oxygens (including phenoxy) is 1. The third kappa shape index (κ3) is 7.40. The Labute approximate surface area is 123 Å². The minimum absolute atomic E-state index is 0.140. The molecule has 21 heavy (non-hydrogen) atoms. The molecule has 0 saturated heterocycles. The van der Waals surface area contributed by atoms with Crippen LogP contribution in [0.3, 0.4) is 0 Å². The molecule has 0 atom stereocenters. The van der Waals surface area contributed by atoms with E-state index in [1.54, 1.807) is 0 Å². The molecule has 1 N–H and O–H groups in total. The number of carbonyl (C=O) groups excluding carboxylic acids is 1. The number of nitrogens with one attached hydrogen (secondary N) is 1. The lowest BCUT2D eigenvalue weighted by atomic mass is 10.3. The number of nitrogens with zero attached hydrogens (tertiary/aromatic N) is 1. The summed E-state index contributed by atoms with van der Waals surface area (Å²) in [6, 6.07) is 4.55. The van der Waals surface area contributed by atoms with E-state index in [1.807, 2.05) is 6.92 Å². The molecule has 116 valence electrons. The molecule has 9 heteroatoms. The van der Waals surface area contributed by atoms with Crippen LogP contribution in [0.15, 0.2) is 29.4 Å². The topological polar surface area (TPSA) is 59.9 Å². The van der Waals surface area contributed by atoms with Crippen LogP contribution in [0.4, 0.5) is 23.7 Å². The molecule has 0 fully saturated rings. The maximum absolute atomic E-state index is 12.0. The summed E-state index contributed by atoms with van der Waals surface area (Å²) in [5.41, 5.74) is 0.219. The number of hydrogen-bond donors (Lipinski definition) is 1. The van der Waals surface area contributed by atoms with Crippen molar-refractivity contribution in [2.75, 3.05) is 5.32 Å². The van der Waals surface area contributed by atoms with Gasteiger partial charge in [-0.05, 0) is 30.7 Å². The number of amides is 1. The smallest absolute Gasteiger partial charge is 0.406 e. The van der Waals surface area contributed by atoms with Crippen LogP contribution in [0.1, 0.15) is 19.8 Å². The molecule has 0 bridgehead atoms. The number of oxime groups is 1. The van der Waals surface area contributed by atoms with Gasteiger partial charge in [0.1, 0.15) is 10.9 Å². The molecule has 1 rings (SSSR count). The van der Waals surface area contributed by atoms with Gasteiger partial charge < -0.3 is 4.74 Å². The standard InChI is InChI=1S/C12H12ClF3N2O3/c1-2-3-10(13)18-21-11(19)17-8-4-6-9(7-5-8)20-12(14,15)16/h4-7H,2-3H2,1H3,(H,17,19)/b18-10-. The van der Waals surface area contributed by atoms with E-state index in [4.69, 9.17) is 11.6 Å². The van der Waals surface area contributed by atoms with Crippen LogP contribution in [-0.4, -0.2) is 17.6 Å². The zero-order valence-electron chi connectivity index (χ0n) is 10.9. The zero-order chi connectivity index (χ0) is 15.9. The molecule has 0 saturated carbocycles. The van der Waals surface area contributed by atoms with Crippen molar-refractivity contribution in [1.29, 1.82) is 0 Å². The predicted octanol–water partition coefficient (Wildman–Crippen LogP) is 4.49. The average molecular weight is 325 g/mol. The number of anilines is 1. The molecule has 0 aliphatic carbocycles. The van der Waals surface area contributed by atoms with Crippen molar-refractivity contribution >= 4 is 28.6 Å². The molecule has 1 aromatic rings. The van der Waals surface area contributed by atoms with Crippen LogP contribution in [0, 0.1) is 0 Å². The number of hydrogen-bond acceptors (Lipinski definition) is 4. The fourth-order valence-electron chi connectivity index (χ4n) is 1.22. The van der Waals surface area contributed by atoms with Crippen molar-refractivity contribution in [2.24, 2.45) is 5.16 Å². The lowest BCUT2D eigenvalue weighted by Gasteiger charge is -2.09. The van der Waals surface area contributed by atoms with Gasteiger partial charge in [0.2, 0.25) is 0 Å². The van der Waals surface area contributed by atoms with Crippen molar-refractivity contribution < 1.29 is 27.5 Å². The Morgan fingerprint density at radius 2 is 1.95 bits per heavy atom. The number of halogens is 4. The van der Waals surface area contributed by atoms with E-state index < -0.39 is 18.2 Å². The van der Waals surface area contributed by atoms with Gasteiger partial charge in [-0.15, -0.1) is 13.2 Å². The second kappa shape index (κ2) is 7.72. The van der Waals surface area contributed by atoms with Gasteiger partial charge in [0.05, 0.1) is 0 Å². The Morgan fingerprint density at radius 1 is 1.33 bits per heavy atom. The van der Waals surface area contributed by atoms with Gasteiger partial charge in [-0.3, -0.25) is 10.2 Å². The molecule has 5 nitrogen and oxygen atoms in total. The highest BCUT2D eigenvalue weighted by Gasteiger charge is 2.30. The minimum Gasteiger partial charge on any atom is -0.406 e. The summed E-state index contributed by atoms with van der Waals surface area (Å²) < 4.78 is 39.5. The predicted molar refractivity (Wildman–Crippen MR) is 71.4 cm³/mol. The van der Waals surface area contributed by atoms with E-state index in [2.05, 4.69) is 20.0 Å². The largest absolute Gasteiger partial charge is 0.573 e. The fraction of sp³-hybridized carbons (Fsp3) is 0.333. The Kier molecular flexibility index (Phi) is 6.29. The lowest BCUT2D eigenvalue weighted by Crippen LogP contribution is -2.17. The van der Waals surface area contributed by atoms with Crippen molar-refractivity contribution in [3.63, 3.8) is 0 Å². The van der Waals surface area contributed by atoms with Crippen molar-refractivity contribution in [3.8, 4) is 5.75 Å². The highest BCUT2D eigenvalue weighted by molar-refractivity contribution is 6.65. The first-order valence-corrected chi connectivity index (χ1v) is 6.24. The van der Waals surface area contributed by atoms with Crippen molar-refractivity contribution in [3.05, 3.63) is 24.3 Å². The molecule has 0 radical (unpaired) electrons. The monoisotopic (exact) mass is 324 g/mol. The molecular weight excluding hydrogens is 313 g/mol. The number of alkyl halides is 3. The van der Waals surface area contributed by atoms with Crippen LogP contribution in [0.25, 0.3) is 0 Å². The Morgan fingerprint density at radius 3 is 2.48 bits per heavy atom. The normalized spacial score (nSPS) is 12.0. The molecule has 0 aliphatic rings. The molecule has 0 unspecified atom stereocenters. The molecule has 0 aromatic heterocycles. The summed E-state index contributed by atoms with van der Waals surface area (Å²) in [6.45, 7) is 1.88. The average Bonchev–Trinajstić information content (AvgIpc) is 2.37. The quantitative estimate of drug-likeness (QED) is 0.493. The lowest BCUT2D eigenvalue weighted by molar-refractivity contribution is -0.274. The van der Waals surface area contributed by atoms with Gasteiger partial charge >= 0.3 is 12.5 Å². The van der Waals surface area contributed by atoms with E-state index in [9.17, 15) is 18.0 Å². The number of benzene rings is 1. The van der Waals surface area contributed by atoms with Gasteiger partial charge in [0.15, 0.2) is 0 Å². The van der Waals surface area contributed by atoms with Crippen LogP contribution >= 0.6 is 11.6 Å². The summed E-state index contributed by atoms with van der Waals surface area (Å²) in [7, 11) is 0. The SMILES string of the molecule is CCC/C(Cl)=N/OC(=O)Nc1ccc(OC(F)(F)F)cc1. The molecule has 0 aliphatic heterocycles.